The van der Waals surface area contributed by atoms with Crippen LogP contribution in [0.1, 0.15) is 13.8 Å². The molecule has 1 rings (SSSR count). The van der Waals surface area contributed by atoms with E-state index >= 15 is 0 Å². The Balaban J connectivity index is 0.00000232. The van der Waals surface area contributed by atoms with Gasteiger partial charge in [-0.25, -0.2) is 0 Å². The van der Waals surface area contributed by atoms with Gasteiger partial charge in [0.1, 0.15) is 0 Å². The van der Waals surface area contributed by atoms with Crippen LogP contribution in [0.4, 0.5) is 0 Å². The molecule has 0 amide bonds. The van der Waals surface area contributed by atoms with E-state index in [-0.39, 0.29) is 19.6 Å². The van der Waals surface area contributed by atoms with Gasteiger partial charge in [-0.15, -0.1) is 0 Å². The van der Waals surface area contributed by atoms with Crippen LogP contribution in [-0.4, -0.2) is 107 Å². The fourth-order valence-corrected chi connectivity index (χ4v) is 2.23. The standard InChI is InChI=1S/C12H21N3O6.C2H6/c16-10(17)7-13-1-2-14(8-11(18)19)5-6-15(4-3-13)9-12(20)21;1-2/h1-9H2,(H,16,17)(H,18,19)(H,20,21);1-2H3. The van der Waals surface area contributed by atoms with Gasteiger partial charge in [-0.05, 0) is 0 Å². The number of hydrogen-bond acceptors (Lipinski definition) is 6. The molecule has 1 fully saturated rings. The number of carbonyl (C=O) groups is 3. The highest BCUT2D eigenvalue weighted by molar-refractivity contribution is 5.70. The summed E-state index contributed by atoms with van der Waals surface area (Å²) < 4.78 is 0. The van der Waals surface area contributed by atoms with E-state index < -0.39 is 17.9 Å². The van der Waals surface area contributed by atoms with Crippen molar-refractivity contribution in [3.8, 4) is 0 Å². The summed E-state index contributed by atoms with van der Waals surface area (Å²) in [4.78, 5) is 37.5. The van der Waals surface area contributed by atoms with Crippen molar-refractivity contribution in [2.45, 2.75) is 13.8 Å². The smallest absolute Gasteiger partial charge is 0.317 e. The predicted molar refractivity (Wildman–Crippen MR) is 83.6 cm³/mol. The van der Waals surface area contributed by atoms with E-state index in [1.54, 1.807) is 14.7 Å². The van der Waals surface area contributed by atoms with Crippen molar-refractivity contribution in [1.82, 2.24) is 14.7 Å². The Morgan fingerprint density at radius 3 is 0.913 bits per heavy atom. The molecule has 134 valence electrons. The van der Waals surface area contributed by atoms with Crippen LogP contribution in [0.2, 0.25) is 0 Å². The molecule has 0 spiro atoms. The number of carboxylic acid groups (broad SMARTS) is 3. The van der Waals surface area contributed by atoms with Crippen LogP contribution in [0.25, 0.3) is 0 Å². The Kier molecular flexibility index (Phi) is 10.9. The van der Waals surface area contributed by atoms with Gasteiger partial charge in [0.15, 0.2) is 0 Å². The molecule has 9 nitrogen and oxygen atoms in total. The van der Waals surface area contributed by atoms with E-state index in [1.807, 2.05) is 13.8 Å². The average Bonchev–Trinajstić information content (AvgIpc) is 2.54. The van der Waals surface area contributed by atoms with Crippen LogP contribution in [0.15, 0.2) is 0 Å². The van der Waals surface area contributed by atoms with Gasteiger partial charge in [0, 0.05) is 39.3 Å². The first-order chi connectivity index (χ1) is 10.9. The molecule has 0 aromatic rings. The molecule has 0 bridgehead atoms. The fourth-order valence-electron chi connectivity index (χ4n) is 2.23. The van der Waals surface area contributed by atoms with Crippen molar-refractivity contribution in [3.63, 3.8) is 0 Å². The van der Waals surface area contributed by atoms with Gasteiger partial charge < -0.3 is 15.3 Å². The van der Waals surface area contributed by atoms with E-state index in [0.717, 1.165) is 0 Å². The molecule has 1 heterocycles. The van der Waals surface area contributed by atoms with Crippen LogP contribution in [0.5, 0.6) is 0 Å². The number of rotatable bonds is 6. The van der Waals surface area contributed by atoms with E-state index in [9.17, 15) is 14.4 Å². The van der Waals surface area contributed by atoms with Crippen molar-refractivity contribution in [3.05, 3.63) is 0 Å². The quantitative estimate of drug-likeness (QED) is 0.572. The Bertz CT molecular complexity index is 322. The summed E-state index contributed by atoms with van der Waals surface area (Å²) >= 11 is 0. The summed E-state index contributed by atoms with van der Waals surface area (Å²) in [5, 5.41) is 26.6. The molecule has 3 N–H and O–H groups in total. The van der Waals surface area contributed by atoms with Gasteiger partial charge in [0.05, 0.1) is 19.6 Å². The van der Waals surface area contributed by atoms with Gasteiger partial charge in [0.2, 0.25) is 0 Å². The SMILES string of the molecule is CC.O=C(O)CN1CCN(CC(=O)O)CCN(CC(=O)O)CC1. The first kappa shape index (κ1) is 21.3. The van der Waals surface area contributed by atoms with Crippen LogP contribution in [0.3, 0.4) is 0 Å². The molecule has 0 atom stereocenters. The molecule has 0 saturated carbocycles. The largest absolute Gasteiger partial charge is 0.480 e. The Hall–Kier alpha value is -1.71. The molecule has 1 saturated heterocycles. The van der Waals surface area contributed by atoms with Crippen molar-refractivity contribution in [2.24, 2.45) is 0 Å². The topological polar surface area (TPSA) is 122 Å². The third-order valence-corrected chi connectivity index (χ3v) is 3.27. The summed E-state index contributed by atoms with van der Waals surface area (Å²) in [7, 11) is 0. The molecule has 0 unspecified atom stereocenters. The first-order valence-electron chi connectivity index (χ1n) is 7.69. The zero-order valence-corrected chi connectivity index (χ0v) is 13.8. The van der Waals surface area contributed by atoms with Crippen molar-refractivity contribution >= 4 is 17.9 Å². The normalized spacial score (nSPS) is 18.0. The third-order valence-electron chi connectivity index (χ3n) is 3.27. The summed E-state index contributed by atoms with van der Waals surface area (Å²) in [5.41, 5.74) is 0. The maximum atomic E-state index is 10.8. The minimum absolute atomic E-state index is 0.137. The molecule has 1 aliphatic heterocycles. The molecular weight excluding hydrogens is 306 g/mol. The highest BCUT2D eigenvalue weighted by Gasteiger charge is 2.20. The number of carboxylic acids is 3. The molecule has 9 heteroatoms. The lowest BCUT2D eigenvalue weighted by Gasteiger charge is -2.23. The van der Waals surface area contributed by atoms with Crippen molar-refractivity contribution in [2.75, 3.05) is 58.9 Å². The summed E-state index contributed by atoms with van der Waals surface area (Å²) in [6, 6.07) is 0. The lowest BCUT2D eigenvalue weighted by molar-refractivity contribution is -0.140. The predicted octanol–water partition coefficient (Wildman–Crippen LogP) is -0.814. The average molecular weight is 333 g/mol. The second-order valence-electron chi connectivity index (χ2n) is 5.01. The zero-order valence-electron chi connectivity index (χ0n) is 13.8. The highest BCUT2D eigenvalue weighted by atomic mass is 16.4. The van der Waals surface area contributed by atoms with E-state index in [4.69, 9.17) is 15.3 Å². The van der Waals surface area contributed by atoms with Crippen LogP contribution in [0, 0.1) is 0 Å². The number of nitrogens with zero attached hydrogens (tertiary/aromatic N) is 3. The monoisotopic (exact) mass is 333 g/mol. The Morgan fingerprint density at radius 2 is 0.783 bits per heavy atom. The minimum atomic E-state index is -0.955. The molecule has 0 aromatic carbocycles. The Labute approximate surface area is 136 Å². The van der Waals surface area contributed by atoms with E-state index in [1.165, 1.54) is 0 Å². The summed E-state index contributed by atoms with van der Waals surface area (Å²) in [5.74, 6) is -2.86. The molecule has 0 aliphatic carbocycles. The molecule has 0 aromatic heterocycles. The first-order valence-corrected chi connectivity index (χ1v) is 7.69. The van der Waals surface area contributed by atoms with Crippen LogP contribution < -0.4 is 0 Å². The maximum Gasteiger partial charge on any atom is 0.317 e. The Morgan fingerprint density at radius 1 is 0.609 bits per heavy atom. The maximum absolute atomic E-state index is 10.8. The number of hydrogen-bond donors (Lipinski definition) is 3. The molecule has 1 aliphatic rings. The van der Waals surface area contributed by atoms with Gasteiger partial charge in [0.25, 0.3) is 0 Å². The van der Waals surface area contributed by atoms with E-state index in [2.05, 4.69) is 0 Å². The molecular formula is C14H27N3O6. The van der Waals surface area contributed by atoms with Crippen molar-refractivity contribution in [1.29, 1.82) is 0 Å². The van der Waals surface area contributed by atoms with Gasteiger partial charge in [-0.2, -0.15) is 0 Å². The van der Waals surface area contributed by atoms with Crippen LogP contribution >= 0.6 is 0 Å². The van der Waals surface area contributed by atoms with Crippen LogP contribution in [-0.2, 0) is 14.4 Å². The third kappa shape index (κ3) is 10.6. The second-order valence-corrected chi connectivity index (χ2v) is 5.01. The lowest BCUT2D eigenvalue weighted by Crippen LogP contribution is -2.40. The fraction of sp³-hybridized carbons (Fsp3) is 0.786. The lowest BCUT2D eigenvalue weighted by atomic mass is 10.4. The van der Waals surface area contributed by atoms with E-state index in [0.29, 0.717) is 39.3 Å². The zero-order chi connectivity index (χ0) is 17.8. The summed E-state index contributed by atoms with van der Waals surface area (Å²) in [6.07, 6.45) is 0. The van der Waals surface area contributed by atoms with Crippen molar-refractivity contribution < 1.29 is 29.7 Å². The second kappa shape index (κ2) is 11.8. The molecule has 23 heavy (non-hydrogen) atoms. The van der Waals surface area contributed by atoms with Gasteiger partial charge in [-0.1, -0.05) is 13.8 Å². The van der Waals surface area contributed by atoms with Gasteiger partial charge in [-0.3, -0.25) is 29.1 Å². The number of aliphatic carboxylic acids is 3. The highest BCUT2D eigenvalue weighted by Crippen LogP contribution is 2.00. The summed E-state index contributed by atoms with van der Waals surface area (Å²) in [6.45, 7) is 6.26. The molecule has 0 radical (unpaired) electrons. The van der Waals surface area contributed by atoms with Gasteiger partial charge >= 0.3 is 17.9 Å². The minimum Gasteiger partial charge on any atom is -0.480 e.